The van der Waals surface area contributed by atoms with Gasteiger partial charge in [-0.25, -0.2) is 0 Å². The molecule has 0 amide bonds. The fourth-order valence-electron chi connectivity index (χ4n) is 5.99. The van der Waals surface area contributed by atoms with E-state index in [1.54, 1.807) is 0 Å². The summed E-state index contributed by atoms with van der Waals surface area (Å²) in [5, 5.41) is 2.54. The van der Waals surface area contributed by atoms with Crippen molar-refractivity contribution in [1.29, 1.82) is 0 Å². The Balaban J connectivity index is 1.45. The molecule has 0 heteroatoms. The lowest BCUT2D eigenvalue weighted by Gasteiger charge is -2.34. The van der Waals surface area contributed by atoms with Crippen molar-refractivity contribution >= 4 is 10.8 Å². The standard InChI is InChI=1S/C35H24/c1-2-12-29(13-3-1)35(33-16-8-6-14-31(33)32-15-7-9-17-34(32)35)30-22-20-26(21-23-30)28-19-18-25-10-4-5-11-27(25)24-28/h1-24H. The zero-order valence-electron chi connectivity index (χ0n) is 19.4. The van der Waals surface area contributed by atoms with Gasteiger partial charge in [0.25, 0.3) is 0 Å². The van der Waals surface area contributed by atoms with Crippen LogP contribution in [0.2, 0.25) is 0 Å². The topological polar surface area (TPSA) is 0 Å². The second-order valence-electron chi connectivity index (χ2n) is 9.35. The molecule has 0 fully saturated rings. The molecule has 35 heavy (non-hydrogen) atoms. The number of hydrogen-bond donors (Lipinski definition) is 0. The van der Waals surface area contributed by atoms with Crippen LogP contribution < -0.4 is 0 Å². The number of benzene rings is 6. The van der Waals surface area contributed by atoms with E-state index < -0.39 is 0 Å². The lowest BCUT2D eigenvalue weighted by Crippen LogP contribution is -2.28. The summed E-state index contributed by atoms with van der Waals surface area (Å²) in [6, 6.07) is 53.3. The van der Waals surface area contributed by atoms with Crippen LogP contribution in [0.5, 0.6) is 0 Å². The molecule has 0 radical (unpaired) electrons. The summed E-state index contributed by atoms with van der Waals surface area (Å²) in [6.45, 7) is 0. The minimum Gasteiger partial charge on any atom is -0.0622 e. The highest BCUT2D eigenvalue weighted by molar-refractivity contribution is 5.88. The molecule has 0 aromatic heterocycles. The molecule has 0 saturated carbocycles. The van der Waals surface area contributed by atoms with Gasteiger partial charge in [-0.3, -0.25) is 0 Å². The van der Waals surface area contributed by atoms with Crippen LogP contribution in [0.4, 0.5) is 0 Å². The molecule has 164 valence electrons. The molecular weight excluding hydrogens is 420 g/mol. The van der Waals surface area contributed by atoms with Gasteiger partial charge in [-0.2, -0.15) is 0 Å². The van der Waals surface area contributed by atoms with Gasteiger partial charge in [-0.1, -0.05) is 140 Å². The van der Waals surface area contributed by atoms with E-state index in [-0.39, 0.29) is 5.41 Å². The third kappa shape index (κ3) is 2.93. The van der Waals surface area contributed by atoms with E-state index in [0.29, 0.717) is 0 Å². The van der Waals surface area contributed by atoms with Crippen molar-refractivity contribution in [3.63, 3.8) is 0 Å². The highest BCUT2D eigenvalue weighted by atomic mass is 14.5. The van der Waals surface area contributed by atoms with E-state index in [2.05, 4.69) is 146 Å². The Hall–Kier alpha value is -4.42. The first kappa shape index (κ1) is 20.0. The van der Waals surface area contributed by atoms with E-state index in [0.717, 1.165) is 0 Å². The average molecular weight is 445 g/mol. The van der Waals surface area contributed by atoms with Crippen LogP contribution in [0.1, 0.15) is 22.3 Å². The van der Waals surface area contributed by atoms with Crippen LogP contribution in [0.3, 0.4) is 0 Å². The molecular formula is C35H24. The maximum Gasteiger partial charge on any atom is 0.0713 e. The van der Waals surface area contributed by atoms with Gasteiger partial charge in [-0.05, 0) is 61.3 Å². The lowest BCUT2D eigenvalue weighted by molar-refractivity contribution is 0.768. The van der Waals surface area contributed by atoms with Crippen molar-refractivity contribution in [2.75, 3.05) is 0 Å². The summed E-state index contributed by atoms with van der Waals surface area (Å²) < 4.78 is 0. The molecule has 0 saturated heterocycles. The maximum absolute atomic E-state index is 2.33. The van der Waals surface area contributed by atoms with Crippen molar-refractivity contribution < 1.29 is 0 Å². The first-order chi connectivity index (χ1) is 17.4. The summed E-state index contributed by atoms with van der Waals surface area (Å²) in [5.41, 5.74) is 10.1. The Kier molecular flexibility index (Phi) is 4.47. The second kappa shape index (κ2) is 7.82. The molecule has 7 rings (SSSR count). The van der Waals surface area contributed by atoms with Crippen molar-refractivity contribution in [2.24, 2.45) is 0 Å². The number of hydrogen-bond acceptors (Lipinski definition) is 0. The van der Waals surface area contributed by atoms with Gasteiger partial charge in [0.2, 0.25) is 0 Å². The summed E-state index contributed by atoms with van der Waals surface area (Å²) in [7, 11) is 0. The van der Waals surface area contributed by atoms with Crippen LogP contribution in [-0.2, 0) is 5.41 Å². The van der Waals surface area contributed by atoms with Gasteiger partial charge in [0.05, 0.1) is 5.41 Å². The molecule has 0 atom stereocenters. The molecule has 6 aromatic carbocycles. The second-order valence-corrected chi connectivity index (χ2v) is 9.35. The summed E-state index contributed by atoms with van der Waals surface area (Å²) >= 11 is 0. The Labute approximate surface area is 206 Å². The number of rotatable bonds is 3. The molecule has 1 aliphatic rings. The Morgan fingerprint density at radius 3 is 1.54 bits per heavy atom. The lowest BCUT2D eigenvalue weighted by atomic mass is 9.67. The Morgan fingerprint density at radius 2 is 0.857 bits per heavy atom. The Morgan fingerprint density at radius 1 is 0.343 bits per heavy atom. The largest absolute Gasteiger partial charge is 0.0713 e. The monoisotopic (exact) mass is 444 g/mol. The fourth-order valence-corrected chi connectivity index (χ4v) is 5.99. The molecule has 1 aliphatic carbocycles. The van der Waals surface area contributed by atoms with E-state index in [1.807, 2.05) is 0 Å². The van der Waals surface area contributed by atoms with Crippen molar-refractivity contribution in [1.82, 2.24) is 0 Å². The molecule has 0 bridgehead atoms. The van der Waals surface area contributed by atoms with E-state index in [9.17, 15) is 0 Å². The highest BCUT2D eigenvalue weighted by Gasteiger charge is 2.45. The minimum absolute atomic E-state index is 0.337. The van der Waals surface area contributed by atoms with Crippen molar-refractivity contribution in [2.45, 2.75) is 5.41 Å². The first-order valence-corrected chi connectivity index (χ1v) is 12.2. The van der Waals surface area contributed by atoms with Crippen LogP contribution in [0.15, 0.2) is 146 Å². The zero-order chi connectivity index (χ0) is 23.2. The molecule has 0 aliphatic heterocycles. The molecule has 0 spiro atoms. The van der Waals surface area contributed by atoms with Crippen LogP contribution in [-0.4, -0.2) is 0 Å². The first-order valence-electron chi connectivity index (χ1n) is 12.2. The van der Waals surface area contributed by atoms with Crippen LogP contribution in [0.25, 0.3) is 33.0 Å². The maximum atomic E-state index is 2.33. The summed E-state index contributed by atoms with van der Waals surface area (Å²) in [5.74, 6) is 0. The van der Waals surface area contributed by atoms with Crippen molar-refractivity contribution in [3.05, 3.63) is 168 Å². The Bertz CT molecular complexity index is 1630. The molecule has 0 heterocycles. The SMILES string of the molecule is c1ccc(C2(c3ccc(-c4ccc5ccccc5c4)cc3)c3ccccc3-c3ccccc32)cc1. The number of fused-ring (bicyclic) bond motifs is 4. The quantitative estimate of drug-likeness (QED) is 0.255. The molecule has 0 unspecified atom stereocenters. The third-order valence-corrected chi connectivity index (χ3v) is 7.56. The average Bonchev–Trinajstić information content (AvgIpc) is 3.25. The molecule has 0 N–H and O–H groups in total. The van der Waals surface area contributed by atoms with E-state index in [1.165, 1.54) is 55.3 Å². The molecule has 6 aromatic rings. The normalized spacial score (nSPS) is 13.4. The van der Waals surface area contributed by atoms with Crippen LogP contribution >= 0.6 is 0 Å². The van der Waals surface area contributed by atoms with E-state index in [4.69, 9.17) is 0 Å². The van der Waals surface area contributed by atoms with Crippen LogP contribution in [0, 0.1) is 0 Å². The fraction of sp³-hybridized carbons (Fsp3) is 0.0286. The predicted octanol–water partition coefficient (Wildman–Crippen LogP) is 8.87. The van der Waals surface area contributed by atoms with Gasteiger partial charge in [0, 0.05) is 0 Å². The van der Waals surface area contributed by atoms with Gasteiger partial charge >= 0.3 is 0 Å². The van der Waals surface area contributed by atoms with Gasteiger partial charge in [-0.15, -0.1) is 0 Å². The summed E-state index contributed by atoms with van der Waals surface area (Å²) in [4.78, 5) is 0. The third-order valence-electron chi connectivity index (χ3n) is 7.56. The van der Waals surface area contributed by atoms with Gasteiger partial charge in [0.1, 0.15) is 0 Å². The highest BCUT2D eigenvalue weighted by Crippen LogP contribution is 2.55. The van der Waals surface area contributed by atoms with Gasteiger partial charge < -0.3 is 0 Å². The predicted molar refractivity (Wildman–Crippen MR) is 147 cm³/mol. The van der Waals surface area contributed by atoms with E-state index >= 15 is 0 Å². The molecule has 0 nitrogen and oxygen atoms in total. The zero-order valence-corrected chi connectivity index (χ0v) is 19.4. The van der Waals surface area contributed by atoms with Gasteiger partial charge in [0.15, 0.2) is 0 Å². The van der Waals surface area contributed by atoms with Crippen molar-refractivity contribution in [3.8, 4) is 22.3 Å². The summed E-state index contributed by atoms with van der Waals surface area (Å²) in [6.07, 6.45) is 0. The minimum atomic E-state index is -0.337. The smallest absolute Gasteiger partial charge is 0.0622 e.